The van der Waals surface area contributed by atoms with Gasteiger partial charge in [-0.05, 0) is 31.4 Å². The van der Waals surface area contributed by atoms with Crippen molar-refractivity contribution < 1.29 is 22.7 Å². The molecule has 0 atom stereocenters. The fraction of sp³-hybridized carbons (Fsp3) is 0.545. The van der Waals surface area contributed by atoms with Gasteiger partial charge in [0, 0.05) is 56.8 Å². The molecule has 0 unspecified atom stereocenters. The molecule has 4 rings (SSSR count). The first-order chi connectivity index (χ1) is 16.0. The molecular weight excluding hydrogens is 464 g/mol. The number of rotatable bonds is 9. The smallest absolute Gasteiger partial charge is 0.240 e. The first kappa shape index (κ1) is 23.8. The van der Waals surface area contributed by atoms with Crippen molar-refractivity contribution in [3.63, 3.8) is 0 Å². The number of nitrogens with one attached hydrogen (secondary N) is 1. The number of thiazole rings is 1. The van der Waals surface area contributed by atoms with E-state index < -0.39 is 10.0 Å². The molecule has 1 aromatic heterocycles. The van der Waals surface area contributed by atoms with E-state index in [1.165, 1.54) is 12.1 Å². The van der Waals surface area contributed by atoms with E-state index in [2.05, 4.69) is 14.6 Å². The summed E-state index contributed by atoms with van der Waals surface area (Å²) in [5.41, 5.74) is 0. The van der Waals surface area contributed by atoms with Gasteiger partial charge in [-0.25, -0.2) is 18.1 Å². The summed E-state index contributed by atoms with van der Waals surface area (Å²) in [7, 11) is -3.61. The van der Waals surface area contributed by atoms with E-state index in [0.29, 0.717) is 50.6 Å². The Labute approximate surface area is 198 Å². The van der Waals surface area contributed by atoms with E-state index in [4.69, 9.17) is 9.47 Å². The highest BCUT2D eigenvalue weighted by Crippen LogP contribution is 2.32. The number of hydrogen-bond acceptors (Lipinski definition) is 8. The van der Waals surface area contributed by atoms with E-state index in [1.54, 1.807) is 17.4 Å². The third-order valence-corrected chi connectivity index (χ3v) is 8.01. The Bertz CT molecular complexity index is 1030. The van der Waals surface area contributed by atoms with Crippen molar-refractivity contribution in [2.24, 2.45) is 0 Å². The zero-order valence-electron chi connectivity index (χ0n) is 18.6. The van der Waals surface area contributed by atoms with E-state index in [1.807, 2.05) is 16.5 Å². The van der Waals surface area contributed by atoms with Gasteiger partial charge < -0.3 is 19.3 Å². The zero-order valence-corrected chi connectivity index (χ0v) is 20.2. The topological polar surface area (TPSA) is 101 Å². The quantitative estimate of drug-likeness (QED) is 0.535. The summed E-state index contributed by atoms with van der Waals surface area (Å²) in [6.07, 6.45) is 5.45. The fourth-order valence-electron chi connectivity index (χ4n) is 3.95. The van der Waals surface area contributed by atoms with E-state index in [9.17, 15) is 13.2 Å². The summed E-state index contributed by atoms with van der Waals surface area (Å²) in [5, 5.41) is 2.99. The minimum atomic E-state index is -3.61. The van der Waals surface area contributed by atoms with Crippen LogP contribution in [-0.2, 0) is 14.8 Å². The van der Waals surface area contributed by atoms with Crippen molar-refractivity contribution >= 4 is 32.4 Å². The molecule has 1 aromatic carbocycles. The number of nitrogens with zero attached hydrogens (tertiary/aromatic N) is 3. The molecule has 0 radical (unpaired) electrons. The molecule has 33 heavy (non-hydrogen) atoms. The summed E-state index contributed by atoms with van der Waals surface area (Å²) in [6.45, 7) is 4.41. The second kappa shape index (κ2) is 11.2. The molecule has 1 fully saturated rings. The summed E-state index contributed by atoms with van der Waals surface area (Å²) in [4.78, 5) is 21.3. The lowest BCUT2D eigenvalue weighted by Gasteiger charge is -2.21. The lowest BCUT2D eigenvalue weighted by Crippen LogP contribution is -2.35. The largest absolute Gasteiger partial charge is 0.486 e. The SMILES string of the molecule is O=C(CCCCCNS(=O)(=O)c1ccc2c(c1)OCCO2)N1CCCN(c2nccs2)CC1. The molecule has 0 bridgehead atoms. The highest BCUT2D eigenvalue weighted by molar-refractivity contribution is 7.89. The number of sulfonamides is 1. The number of unbranched alkanes of at least 4 members (excludes halogenated alkanes) is 2. The number of aromatic nitrogens is 1. The van der Waals surface area contributed by atoms with Gasteiger partial charge in [0.1, 0.15) is 13.2 Å². The molecule has 1 N–H and O–H groups in total. The Hall–Kier alpha value is -2.37. The van der Waals surface area contributed by atoms with Crippen molar-refractivity contribution in [2.45, 2.75) is 37.0 Å². The van der Waals surface area contributed by atoms with Crippen molar-refractivity contribution in [1.29, 1.82) is 0 Å². The minimum absolute atomic E-state index is 0.162. The van der Waals surface area contributed by atoms with Crippen LogP contribution in [0.5, 0.6) is 11.5 Å². The third kappa shape index (κ3) is 6.36. The molecule has 2 aliphatic heterocycles. The number of fused-ring (bicyclic) bond motifs is 1. The predicted molar refractivity (Wildman–Crippen MR) is 127 cm³/mol. The molecule has 11 heteroatoms. The summed E-state index contributed by atoms with van der Waals surface area (Å²) in [5.74, 6) is 1.18. The van der Waals surface area contributed by atoms with E-state index in [0.717, 1.165) is 44.0 Å². The monoisotopic (exact) mass is 494 g/mol. The molecule has 1 saturated heterocycles. The van der Waals surface area contributed by atoms with Gasteiger partial charge in [0.05, 0.1) is 4.90 Å². The van der Waals surface area contributed by atoms with Gasteiger partial charge in [-0.3, -0.25) is 4.79 Å². The summed E-state index contributed by atoms with van der Waals surface area (Å²) < 4.78 is 38.6. The van der Waals surface area contributed by atoms with Gasteiger partial charge in [-0.2, -0.15) is 0 Å². The van der Waals surface area contributed by atoms with Crippen LogP contribution in [-0.4, -0.2) is 70.1 Å². The molecule has 3 heterocycles. The zero-order chi connectivity index (χ0) is 23.1. The molecule has 0 aliphatic carbocycles. The van der Waals surface area contributed by atoms with Gasteiger partial charge in [-0.15, -0.1) is 11.3 Å². The molecule has 9 nitrogen and oxygen atoms in total. The first-order valence-electron chi connectivity index (χ1n) is 11.3. The summed E-state index contributed by atoms with van der Waals surface area (Å²) >= 11 is 1.63. The maximum atomic E-state index is 12.6. The van der Waals surface area contributed by atoms with Crippen LogP contribution in [0.3, 0.4) is 0 Å². The summed E-state index contributed by atoms with van der Waals surface area (Å²) in [6, 6.07) is 4.63. The highest BCUT2D eigenvalue weighted by Gasteiger charge is 2.21. The Morgan fingerprint density at radius 1 is 1.06 bits per heavy atom. The van der Waals surface area contributed by atoms with Crippen LogP contribution in [0.1, 0.15) is 32.1 Å². The molecule has 180 valence electrons. The molecule has 0 spiro atoms. The van der Waals surface area contributed by atoms with Crippen LogP contribution >= 0.6 is 11.3 Å². The van der Waals surface area contributed by atoms with Gasteiger partial charge in [0.15, 0.2) is 16.6 Å². The van der Waals surface area contributed by atoms with Crippen molar-refractivity contribution in [1.82, 2.24) is 14.6 Å². The number of ether oxygens (including phenoxy) is 2. The van der Waals surface area contributed by atoms with E-state index in [-0.39, 0.29) is 10.8 Å². The number of benzene rings is 1. The fourth-order valence-corrected chi connectivity index (χ4v) is 5.73. The third-order valence-electron chi connectivity index (χ3n) is 5.72. The lowest BCUT2D eigenvalue weighted by atomic mass is 10.2. The lowest BCUT2D eigenvalue weighted by molar-refractivity contribution is -0.131. The number of amides is 1. The Kier molecular flexibility index (Phi) is 8.05. The standard InChI is InChI=1S/C22H30N4O5S2/c27-21(25-10-4-11-26(13-12-25)22-23-9-16-32-22)5-2-1-3-8-24-33(28,29)18-6-7-19-20(17-18)31-15-14-30-19/h6-7,9,16-17,24H,1-5,8,10-15H2. The van der Waals surface area contributed by atoms with Gasteiger partial charge in [0.25, 0.3) is 0 Å². The minimum Gasteiger partial charge on any atom is -0.486 e. The number of carbonyl (C=O) groups is 1. The van der Waals surface area contributed by atoms with Crippen LogP contribution in [0.2, 0.25) is 0 Å². The van der Waals surface area contributed by atoms with Crippen LogP contribution < -0.4 is 19.1 Å². The molecule has 2 aliphatic rings. The average molecular weight is 495 g/mol. The predicted octanol–water partition coefficient (Wildman–Crippen LogP) is 2.49. The van der Waals surface area contributed by atoms with Gasteiger partial charge >= 0.3 is 0 Å². The second-order valence-electron chi connectivity index (χ2n) is 8.05. The van der Waals surface area contributed by atoms with E-state index >= 15 is 0 Å². The number of anilines is 1. The van der Waals surface area contributed by atoms with Crippen molar-refractivity contribution in [2.75, 3.05) is 50.8 Å². The van der Waals surface area contributed by atoms with Crippen molar-refractivity contribution in [3.8, 4) is 11.5 Å². The van der Waals surface area contributed by atoms with Crippen LogP contribution in [0.15, 0.2) is 34.7 Å². The van der Waals surface area contributed by atoms with Crippen LogP contribution in [0, 0.1) is 0 Å². The van der Waals surface area contributed by atoms with Gasteiger partial charge in [-0.1, -0.05) is 6.42 Å². The maximum Gasteiger partial charge on any atom is 0.240 e. The van der Waals surface area contributed by atoms with Crippen LogP contribution in [0.4, 0.5) is 5.13 Å². The molecule has 1 amide bonds. The molecule has 2 aromatic rings. The Morgan fingerprint density at radius 3 is 2.73 bits per heavy atom. The first-order valence-corrected chi connectivity index (χ1v) is 13.7. The second-order valence-corrected chi connectivity index (χ2v) is 10.7. The maximum absolute atomic E-state index is 12.6. The van der Waals surface area contributed by atoms with Crippen LogP contribution in [0.25, 0.3) is 0 Å². The molecule has 0 saturated carbocycles. The normalized spacial score (nSPS) is 16.5. The average Bonchev–Trinajstić information content (AvgIpc) is 3.25. The number of hydrogen-bond donors (Lipinski definition) is 1. The Morgan fingerprint density at radius 2 is 1.91 bits per heavy atom. The Balaban J connectivity index is 1.14. The number of carbonyl (C=O) groups excluding carboxylic acids is 1. The van der Waals surface area contributed by atoms with Crippen molar-refractivity contribution in [3.05, 3.63) is 29.8 Å². The highest BCUT2D eigenvalue weighted by atomic mass is 32.2. The van der Waals surface area contributed by atoms with Gasteiger partial charge in [0.2, 0.25) is 15.9 Å². The molecular formula is C22H30N4O5S2.